The molecule has 0 bridgehead atoms. The number of ether oxygens (including phenoxy) is 2. The van der Waals surface area contributed by atoms with Gasteiger partial charge in [-0.15, -0.1) is 0 Å². The molecule has 2 saturated heterocycles. The number of hydrogen-bond donors (Lipinski definition) is 2. The van der Waals surface area contributed by atoms with E-state index in [4.69, 9.17) is 9.47 Å². The van der Waals surface area contributed by atoms with Crippen molar-refractivity contribution in [2.75, 3.05) is 26.2 Å². The second-order valence-corrected chi connectivity index (χ2v) is 11.4. The lowest BCUT2D eigenvalue weighted by Gasteiger charge is -2.26. The quantitative estimate of drug-likeness (QED) is 0.662. The van der Waals surface area contributed by atoms with E-state index < -0.39 is 9.84 Å². The van der Waals surface area contributed by atoms with Crippen LogP contribution in [-0.4, -0.2) is 46.8 Å². The highest BCUT2D eigenvalue weighted by Crippen LogP contribution is 2.34. The van der Waals surface area contributed by atoms with E-state index >= 15 is 0 Å². The Balaban J connectivity index is 1.59. The first-order valence-corrected chi connectivity index (χ1v) is 13.5. The first-order chi connectivity index (χ1) is 15.8. The minimum Gasteiger partial charge on any atom is -0.490 e. The van der Waals surface area contributed by atoms with Crippen molar-refractivity contribution >= 4 is 9.84 Å². The Morgan fingerprint density at radius 3 is 1.24 bits per heavy atom. The molecular weight excluding hydrogens is 436 g/mol. The minimum absolute atomic E-state index is 0.170. The van der Waals surface area contributed by atoms with Crippen molar-refractivity contribution in [1.82, 2.24) is 10.6 Å². The molecule has 7 heteroatoms. The Morgan fingerprint density at radius 2 is 0.939 bits per heavy atom. The van der Waals surface area contributed by atoms with Crippen molar-refractivity contribution < 1.29 is 17.9 Å². The molecule has 2 heterocycles. The van der Waals surface area contributed by atoms with E-state index in [2.05, 4.69) is 10.6 Å². The highest BCUT2D eigenvalue weighted by molar-refractivity contribution is 7.91. The average Bonchev–Trinajstić information content (AvgIpc) is 2.79. The van der Waals surface area contributed by atoms with Crippen LogP contribution in [0.5, 0.6) is 11.5 Å². The van der Waals surface area contributed by atoms with Crippen LogP contribution in [0.25, 0.3) is 0 Å². The molecule has 2 aliphatic heterocycles. The lowest BCUT2D eigenvalue weighted by molar-refractivity contribution is 0.160. The standard InChI is InChI=1S/C26H36N2O4S/c1-17-13-23(14-18(2)25(17)31-21-5-9-27-10-6-21)33(29,30)24-15-19(3)26(20(4)16-24)32-22-7-11-28-12-8-22/h13-16,21-22,27-28H,5-12H2,1-4H3. The second-order valence-electron chi connectivity index (χ2n) is 9.41. The fraction of sp³-hybridized carbons (Fsp3) is 0.538. The maximum atomic E-state index is 13.5. The van der Waals surface area contributed by atoms with Crippen LogP contribution >= 0.6 is 0 Å². The van der Waals surface area contributed by atoms with Crippen molar-refractivity contribution in [3.63, 3.8) is 0 Å². The molecule has 33 heavy (non-hydrogen) atoms. The molecule has 0 atom stereocenters. The number of hydrogen-bond acceptors (Lipinski definition) is 6. The second kappa shape index (κ2) is 10.0. The molecule has 0 spiro atoms. The Labute approximate surface area is 198 Å². The SMILES string of the molecule is Cc1cc(S(=O)(=O)c2cc(C)c(OC3CCNCC3)c(C)c2)cc(C)c1OC1CCNCC1. The molecule has 0 amide bonds. The third-order valence-electron chi connectivity index (χ3n) is 6.63. The van der Waals surface area contributed by atoms with Gasteiger partial charge in [0.2, 0.25) is 9.84 Å². The molecule has 0 saturated carbocycles. The summed E-state index contributed by atoms with van der Waals surface area (Å²) in [6.07, 6.45) is 4.19. The van der Waals surface area contributed by atoms with E-state index in [1.807, 2.05) is 27.7 Å². The van der Waals surface area contributed by atoms with Crippen LogP contribution in [0, 0.1) is 27.7 Å². The van der Waals surface area contributed by atoms with Crippen molar-refractivity contribution in [1.29, 1.82) is 0 Å². The van der Waals surface area contributed by atoms with Crippen LogP contribution in [0.1, 0.15) is 47.9 Å². The number of aryl methyl sites for hydroxylation is 4. The molecule has 180 valence electrons. The lowest BCUT2D eigenvalue weighted by Crippen LogP contribution is -2.34. The predicted octanol–water partition coefficient (Wildman–Crippen LogP) is 4.01. The lowest BCUT2D eigenvalue weighted by atomic mass is 10.1. The molecule has 0 aromatic heterocycles. The van der Waals surface area contributed by atoms with Crippen LogP contribution in [0.4, 0.5) is 0 Å². The maximum absolute atomic E-state index is 13.5. The molecule has 2 fully saturated rings. The molecule has 0 radical (unpaired) electrons. The molecule has 2 aliphatic rings. The van der Waals surface area contributed by atoms with Crippen molar-refractivity contribution in [3.05, 3.63) is 46.5 Å². The van der Waals surface area contributed by atoms with E-state index in [1.54, 1.807) is 24.3 Å². The Kier molecular flexibility index (Phi) is 7.31. The van der Waals surface area contributed by atoms with Crippen molar-refractivity contribution in [3.8, 4) is 11.5 Å². The summed E-state index contributed by atoms with van der Waals surface area (Å²) in [5, 5.41) is 6.68. The van der Waals surface area contributed by atoms with Crippen LogP contribution < -0.4 is 20.1 Å². The summed E-state index contributed by atoms with van der Waals surface area (Å²) >= 11 is 0. The predicted molar refractivity (Wildman–Crippen MR) is 130 cm³/mol. The molecule has 2 aromatic rings. The van der Waals surface area contributed by atoms with Crippen LogP contribution in [-0.2, 0) is 9.84 Å². The number of sulfone groups is 1. The van der Waals surface area contributed by atoms with E-state index in [1.165, 1.54) is 0 Å². The Morgan fingerprint density at radius 1 is 0.636 bits per heavy atom. The number of rotatable bonds is 6. The summed E-state index contributed by atoms with van der Waals surface area (Å²) in [7, 11) is -3.66. The summed E-state index contributed by atoms with van der Waals surface area (Å²) in [6, 6.07) is 6.96. The van der Waals surface area contributed by atoms with Gasteiger partial charge in [-0.1, -0.05) is 0 Å². The zero-order valence-corrected chi connectivity index (χ0v) is 21.0. The normalized spacial score (nSPS) is 18.3. The first kappa shape index (κ1) is 24.0. The van der Waals surface area contributed by atoms with Crippen LogP contribution in [0.3, 0.4) is 0 Å². The molecule has 0 aliphatic carbocycles. The topological polar surface area (TPSA) is 76.7 Å². The highest BCUT2D eigenvalue weighted by atomic mass is 32.2. The van der Waals surface area contributed by atoms with Gasteiger partial charge in [-0.25, -0.2) is 8.42 Å². The largest absolute Gasteiger partial charge is 0.490 e. The van der Waals surface area contributed by atoms with Crippen LogP contribution in [0.15, 0.2) is 34.1 Å². The Bertz CT molecular complexity index is 974. The molecule has 2 N–H and O–H groups in total. The van der Waals surface area contributed by atoms with Gasteiger partial charge in [0, 0.05) is 0 Å². The fourth-order valence-corrected chi connectivity index (χ4v) is 6.40. The summed E-state index contributed by atoms with van der Waals surface area (Å²) in [5.74, 6) is 1.61. The summed E-state index contributed by atoms with van der Waals surface area (Å²) in [5.41, 5.74) is 3.41. The molecular formula is C26H36N2O4S. The van der Waals surface area contributed by atoms with Gasteiger partial charge in [0.05, 0.1) is 9.79 Å². The van der Waals surface area contributed by atoms with E-state index in [-0.39, 0.29) is 12.2 Å². The fourth-order valence-electron chi connectivity index (χ4n) is 4.80. The molecule has 4 rings (SSSR count). The van der Waals surface area contributed by atoms with E-state index in [0.717, 1.165) is 85.6 Å². The number of nitrogens with one attached hydrogen (secondary N) is 2. The van der Waals surface area contributed by atoms with Crippen molar-refractivity contribution in [2.45, 2.75) is 75.4 Å². The zero-order valence-electron chi connectivity index (χ0n) is 20.2. The Hall–Kier alpha value is -2.09. The van der Waals surface area contributed by atoms with Gasteiger partial charge < -0.3 is 20.1 Å². The van der Waals surface area contributed by atoms with Crippen LogP contribution in [0.2, 0.25) is 0 Å². The van der Waals surface area contributed by atoms with Gasteiger partial charge in [-0.05, 0) is 126 Å². The smallest absolute Gasteiger partial charge is 0.206 e. The monoisotopic (exact) mass is 472 g/mol. The first-order valence-electron chi connectivity index (χ1n) is 12.0. The van der Waals surface area contributed by atoms with Gasteiger partial charge >= 0.3 is 0 Å². The molecule has 6 nitrogen and oxygen atoms in total. The van der Waals surface area contributed by atoms with Gasteiger partial charge in [0.25, 0.3) is 0 Å². The average molecular weight is 473 g/mol. The minimum atomic E-state index is -3.66. The van der Waals surface area contributed by atoms with Gasteiger partial charge in [-0.2, -0.15) is 0 Å². The summed E-state index contributed by atoms with van der Waals surface area (Å²) in [6.45, 7) is 11.5. The maximum Gasteiger partial charge on any atom is 0.206 e. The van der Waals surface area contributed by atoms with Gasteiger partial charge in [0.15, 0.2) is 0 Å². The number of piperidine rings is 2. The molecule has 2 aromatic carbocycles. The third-order valence-corrected chi connectivity index (χ3v) is 8.34. The van der Waals surface area contributed by atoms with Gasteiger partial charge in [0.1, 0.15) is 23.7 Å². The summed E-state index contributed by atoms with van der Waals surface area (Å²) < 4.78 is 39.6. The summed E-state index contributed by atoms with van der Waals surface area (Å²) in [4.78, 5) is 0.613. The van der Waals surface area contributed by atoms with E-state index in [9.17, 15) is 8.42 Å². The molecule has 0 unspecified atom stereocenters. The third kappa shape index (κ3) is 5.36. The van der Waals surface area contributed by atoms with E-state index in [0.29, 0.717) is 9.79 Å². The number of benzene rings is 2. The zero-order chi connectivity index (χ0) is 23.6. The highest BCUT2D eigenvalue weighted by Gasteiger charge is 2.25. The van der Waals surface area contributed by atoms with Gasteiger partial charge in [-0.3, -0.25) is 0 Å². The van der Waals surface area contributed by atoms with Crippen molar-refractivity contribution in [2.24, 2.45) is 0 Å².